The zero-order chi connectivity index (χ0) is 20.4. The zero-order valence-electron chi connectivity index (χ0n) is 16.2. The summed E-state index contributed by atoms with van der Waals surface area (Å²) in [4.78, 5) is 25.6. The number of nitro benzene ring substituents is 1. The van der Waals surface area contributed by atoms with Crippen molar-refractivity contribution in [2.75, 3.05) is 18.4 Å². The van der Waals surface area contributed by atoms with E-state index in [0.717, 1.165) is 18.4 Å². The van der Waals surface area contributed by atoms with Crippen molar-refractivity contribution in [2.24, 2.45) is 5.92 Å². The highest BCUT2D eigenvalue weighted by Crippen LogP contribution is 2.33. The number of piperidine rings is 1. The maximum Gasteiger partial charge on any atom is 0.293 e. The molecule has 1 saturated heterocycles. The number of rotatable bonds is 6. The van der Waals surface area contributed by atoms with E-state index in [4.69, 9.17) is 0 Å². The van der Waals surface area contributed by atoms with Crippen LogP contribution in [-0.4, -0.2) is 40.0 Å². The molecule has 1 heterocycles. The van der Waals surface area contributed by atoms with Gasteiger partial charge in [0.1, 0.15) is 5.69 Å². The number of amides is 1. The lowest BCUT2D eigenvalue weighted by Crippen LogP contribution is -2.39. The fraction of sp³-hybridized carbons (Fsp3) is 0.409. The van der Waals surface area contributed by atoms with E-state index < -0.39 is 11.0 Å². The predicted octanol–water partition coefficient (Wildman–Crippen LogP) is 3.75. The van der Waals surface area contributed by atoms with Crippen LogP contribution in [0.1, 0.15) is 47.7 Å². The minimum atomic E-state index is -0.540. The number of aliphatic hydroxyl groups excluding tert-OH is 1. The van der Waals surface area contributed by atoms with Gasteiger partial charge in [0, 0.05) is 30.8 Å². The summed E-state index contributed by atoms with van der Waals surface area (Å²) >= 11 is 0. The molecule has 7 nitrogen and oxygen atoms in total. The highest BCUT2D eigenvalue weighted by Gasteiger charge is 2.30. The Morgan fingerprint density at radius 2 is 1.79 bits per heavy atom. The Labute approximate surface area is 169 Å². The number of nitro groups is 1. The molecule has 0 radical (unpaired) electrons. The first-order valence-electron chi connectivity index (χ1n) is 10.1. The number of anilines is 1. The third-order valence-electron chi connectivity index (χ3n) is 5.79. The van der Waals surface area contributed by atoms with Crippen molar-refractivity contribution in [1.29, 1.82) is 0 Å². The van der Waals surface area contributed by atoms with Gasteiger partial charge in [-0.1, -0.05) is 30.3 Å². The van der Waals surface area contributed by atoms with Crippen LogP contribution in [0.5, 0.6) is 0 Å². The number of carbonyl (C=O) groups is 1. The van der Waals surface area contributed by atoms with Gasteiger partial charge < -0.3 is 15.3 Å². The molecule has 152 valence electrons. The molecule has 1 saturated carbocycles. The van der Waals surface area contributed by atoms with Gasteiger partial charge in [-0.05, 0) is 49.3 Å². The van der Waals surface area contributed by atoms with Gasteiger partial charge in [0.2, 0.25) is 0 Å². The van der Waals surface area contributed by atoms with Gasteiger partial charge in [-0.2, -0.15) is 0 Å². The van der Waals surface area contributed by atoms with E-state index in [9.17, 15) is 20.0 Å². The molecule has 2 aromatic rings. The van der Waals surface area contributed by atoms with Crippen LogP contribution in [-0.2, 0) is 0 Å². The van der Waals surface area contributed by atoms with Crippen molar-refractivity contribution in [2.45, 2.75) is 37.8 Å². The summed E-state index contributed by atoms with van der Waals surface area (Å²) in [5.41, 5.74) is 1.64. The summed E-state index contributed by atoms with van der Waals surface area (Å²) in [5.74, 6) is -0.0976. The molecule has 1 aliphatic heterocycles. The molecule has 1 atom stereocenters. The van der Waals surface area contributed by atoms with Crippen molar-refractivity contribution in [3.63, 3.8) is 0 Å². The fourth-order valence-corrected chi connectivity index (χ4v) is 3.91. The minimum absolute atomic E-state index is 0.0582. The number of hydrogen-bond acceptors (Lipinski definition) is 5. The summed E-state index contributed by atoms with van der Waals surface area (Å²) in [6.07, 6.45) is 2.89. The Hall–Kier alpha value is -2.93. The molecule has 0 spiro atoms. The van der Waals surface area contributed by atoms with Gasteiger partial charge in [0.05, 0.1) is 11.0 Å². The number of hydrogen-bond donors (Lipinski definition) is 2. The fourth-order valence-electron chi connectivity index (χ4n) is 3.91. The van der Waals surface area contributed by atoms with Crippen LogP contribution in [0.3, 0.4) is 0 Å². The molecule has 2 fully saturated rings. The summed E-state index contributed by atoms with van der Waals surface area (Å²) in [7, 11) is 0. The Morgan fingerprint density at radius 1 is 1.10 bits per heavy atom. The second kappa shape index (κ2) is 8.21. The van der Waals surface area contributed by atoms with Crippen molar-refractivity contribution in [3.8, 4) is 0 Å². The van der Waals surface area contributed by atoms with Crippen LogP contribution in [0.15, 0.2) is 48.5 Å². The van der Waals surface area contributed by atoms with E-state index in [-0.39, 0.29) is 17.5 Å². The summed E-state index contributed by atoms with van der Waals surface area (Å²) < 4.78 is 0. The Morgan fingerprint density at radius 3 is 2.41 bits per heavy atom. The molecular weight excluding hydrogens is 370 g/mol. The predicted molar refractivity (Wildman–Crippen MR) is 110 cm³/mol. The smallest absolute Gasteiger partial charge is 0.293 e. The lowest BCUT2D eigenvalue weighted by molar-refractivity contribution is -0.384. The van der Waals surface area contributed by atoms with Crippen LogP contribution in [0.4, 0.5) is 11.4 Å². The number of aliphatic hydroxyl groups is 1. The molecule has 2 aliphatic rings. The standard InChI is InChI=1S/C22H25N3O4/c26-21(15-4-2-1-3-5-15)16-10-12-24(13-11-16)22(27)17-6-9-19(23-18-7-8-18)20(14-17)25(28)29/h1-6,9,14,16,18,21,23,26H,7-8,10-13H2/t21-/m0/s1. The van der Waals surface area contributed by atoms with E-state index >= 15 is 0 Å². The normalized spacial score (nSPS) is 18.3. The summed E-state index contributed by atoms with van der Waals surface area (Å²) in [6.45, 7) is 1.06. The SMILES string of the molecule is O=C(c1ccc(NC2CC2)c([N+](=O)[O-])c1)N1CCC([C@@H](O)c2ccccc2)CC1. The van der Waals surface area contributed by atoms with Crippen molar-refractivity contribution in [1.82, 2.24) is 4.90 Å². The van der Waals surface area contributed by atoms with Crippen LogP contribution in [0.2, 0.25) is 0 Å². The van der Waals surface area contributed by atoms with Gasteiger partial charge >= 0.3 is 0 Å². The zero-order valence-corrected chi connectivity index (χ0v) is 16.2. The average Bonchev–Trinajstić information content (AvgIpc) is 3.57. The minimum Gasteiger partial charge on any atom is -0.388 e. The molecule has 0 bridgehead atoms. The van der Waals surface area contributed by atoms with E-state index in [1.165, 1.54) is 6.07 Å². The average molecular weight is 395 g/mol. The van der Waals surface area contributed by atoms with Crippen molar-refractivity contribution >= 4 is 17.3 Å². The second-order valence-electron chi connectivity index (χ2n) is 7.89. The Kier molecular flexibility index (Phi) is 5.49. The molecule has 7 heteroatoms. The number of nitrogens with one attached hydrogen (secondary N) is 1. The maximum absolute atomic E-state index is 12.9. The lowest BCUT2D eigenvalue weighted by Gasteiger charge is -2.34. The number of nitrogens with zero attached hydrogens (tertiary/aromatic N) is 2. The lowest BCUT2D eigenvalue weighted by atomic mass is 9.87. The van der Waals surface area contributed by atoms with Crippen LogP contribution >= 0.6 is 0 Å². The van der Waals surface area contributed by atoms with E-state index in [1.807, 2.05) is 30.3 Å². The maximum atomic E-state index is 12.9. The van der Waals surface area contributed by atoms with Gasteiger partial charge in [0.15, 0.2) is 0 Å². The number of likely N-dealkylation sites (tertiary alicyclic amines) is 1. The summed E-state index contributed by atoms with van der Waals surface area (Å²) in [6, 6.07) is 14.5. The molecule has 0 unspecified atom stereocenters. The highest BCUT2D eigenvalue weighted by molar-refractivity contribution is 5.95. The topological polar surface area (TPSA) is 95.7 Å². The van der Waals surface area contributed by atoms with Gasteiger partial charge in [-0.3, -0.25) is 14.9 Å². The first-order chi connectivity index (χ1) is 14.0. The molecule has 2 aromatic carbocycles. The Balaban J connectivity index is 1.41. The van der Waals surface area contributed by atoms with Crippen LogP contribution in [0.25, 0.3) is 0 Å². The van der Waals surface area contributed by atoms with Crippen LogP contribution in [0, 0.1) is 16.0 Å². The third kappa shape index (κ3) is 4.40. The highest BCUT2D eigenvalue weighted by atomic mass is 16.6. The molecule has 4 rings (SSSR count). The molecular formula is C22H25N3O4. The second-order valence-corrected chi connectivity index (χ2v) is 7.89. The van der Waals surface area contributed by atoms with E-state index in [0.29, 0.717) is 43.2 Å². The van der Waals surface area contributed by atoms with E-state index in [1.54, 1.807) is 17.0 Å². The molecule has 1 amide bonds. The number of benzene rings is 2. The first-order valence-corrected chi connectivity index (χ1v) is 10.1. The monoisotopic (exact) mass is 395 g/mol. The quantitative estimate of drug-likeness (QED) is 0.574. The van der Waals surface area contributed by atoms with Gasteiger partial charge in [0.25, 0.3) is 11.6 Å². The molecule has 29 heavy (non-hydrogen) atoms. The van der Waals surface area contributed by atoms with Gasteiger partial charge in [-0.15, -0.1) is 0 Å². The van der Waals surface area contributed by atoms with E-state index in [2.05, 4.69) is 5.32 Å². The largest absolute Gasteiger partial charge is 0.388 e. The molecule has 1 aliphatic carbocycles. The first kappa shape index (κ1) is 19.4. The third-order valence-corrected chi connectivity index (χ3v) is 5.79. The van der Waals surface area contributed by atoms with Crippen molar-refractivity contribution in [3.05, 3.63) is 69.8 Å². The van der Waals surface area contributed by atoms with Crippen molar-refractivity contribution < 1.29 is 14.8 Å². The Bertz CT molecular complexity index is 890. The number of carbonyl (C=O) groups excluding carboxylic acids is 1. The molecule has 2 N–H and O–H groups in total. The summed E-state index contributed by atoms with van der Waals surface area (Å²) in [5, 5.41) is 25.2. The van der Waals surface area contributed by atoms with Gasteiger partial charge in [-0.25, -0.2) is 0 Å². The molecule has 0 aromatic heterocycles. The van der Waals surface area contributed by atoms with Crippen LogP contribution < -0.4 is 5.32 Å².